The highest BCUT2D eigenvalue weighted by atomic mass is 16.5. The fourth-order valence-corrected chi connectivity index (χ4v) is 4.10. The van der Waals surface area contributed by atoms with Crippen molar-refractivity contribution < 1.29 is 9.47 Å². The lowest BCUT2D eigenvalue weighted by Crippen LogP contribution is -2.52. The van der Waals surface area contributed by atoms with E-state index in [0.29, 0.717) is 6.04 Å². The van der Waals surface area contributed by atoms with Gasteiger partial charge in [-0.3, -0.25) is 0 Å². The predicted octanol–water partition coefficient (Wildman–Crippen LogP) is 2.49. The molecule has 1 unspecified atom stereocenters. The van der Waals surface area contributed by atoms with Gasteiger partial charge in [0.2, 0.25) is 0 Å². The average Bonchev–Trinajstić information content (AvgIpc) is 3.29. The van der Waals surface area contributed by atoms with Crippen LogP contribution in [0.25, 0.3) is 0 Å². The van der Waals surface area contributed by atoms with E-state index in [0.717, 1.165) is 50.5 Å². The second-order valence-corrected chi connectivity index (χ2v) is 7.20. The molecule has 2 aliphatic heterocycles. The van der Waals surface area contributed by atoms with E-state index >= 15 is 0 Å². The molecule has 0 aromatic rings. The van der Waals surface area contributed by atoms with Crippen molar-refractivity contribution in [2.24, 2.45) is 11.8 Å². The summed E-state index contributed by atoms with van der Waals surface area (Å²) in [5.41, 5.74) is 0.145. The maximum Gasteiger partial charge on any atom is 0.0741 e. The highest BCUT2D eigenvalue weighted by molar-refractivity contribution is 5.00. The molecule has 0 amide bonds. The molecule has 4 rings (SSSR count). The van der Waals surface area contributed by atoms with Gasteiger partial charge in [0.1, 0.15) is 0 Å². The Labute approximate surface area is 116 Å². The van der Waals surface area contributed by atoms with Crippen LogP contribution in [0.5, 0.6) is 0 Å². The molecule has 1 spiro atoms. The van der Waals surface area contributed by atoms with Crippen molar-refractivity contribution in [3.8, 4) is 0 Å². The minimum atomic E-state index is 0.145. The van der Waals surface area contributed by atoms with E-state index in [9.17, 15) is 0 Å². The van der Waals surface area contributed by atoms with Gasteiger partial charge < -0.3 is 14.8 Å². The summed E-state index contributed by atoms with van der Waals surface area (Å²) in [6.07, 6.45) is 10.5. The molecular weight excluding hydrogens is 238 g/mol. The Bertz CT molecular complexity index is 301. The Morgan fingerprint density at radius 2 is 1.58 bits per heavy atom. The first-order valence-electron chi connectivity index (χ1n) is 8.32. The molecule has 2 aliphatic carbocycles. The number of nitrogens with one attached hydrogen (secondary N) is 1. The second kappa shape index (κ2) is 5.01. The summed E-state index contributed by atoms with van der Waals surface area (Å²) in [6, 6.07) is 1.53. The van der Waals surface area contributed by atoms with Crippen LogP contribution in [0.1, 0.15) is 51.4 Å². The molecule has 3 nitrogen and oxygen atoms in total. The zero-order valence-electron chi connectivity index (χ0n) is 11.9. The maximum absolute atomic E-state index is 6.15. The SMILES string of the molecule is C1CC2(CCO1)CC(NC(C1CC1)C1CC1)CCO2. The summed E-state index contributed by atoms with van der Waals surface area (Å²) in [6.45, 7) is 2.72. The second-order valence-electron chi connectivity index (χ2n) is 7.20. The van der Waals surface area contributed by atoms with Gasteiger partial charge in [-0.15, -0.1) is 0 Å². The summed E-state index contributed by atoms with van der Waals surface area (Å²) in [5, 5.41) is 4.03. The molecule has 4 fully saturated rings. The summed E-state index contributed by atoms with van der Waals surface area (Å²) in [5.74, 6) is 2.00. The van der Waals surface area contributed by atoms with Crippen LogP contribution in [0.3, 0.4) is 0 Å². The number of rotatable bonds is 4. The molecule has 1 atom stereocenters. The molecule has 108 valence electrons. The van der Waals surface area contributed by atoms with E-state index in [1.54, 1.807) is 0 Å². The zero-order chi connectivity index (χ0) is 12.7. The first-order valence-corrected chi connectivity index (χ1v) is 8.32. The summed E-state index contributed by atoms with van der Waals surface area (Å²) >= 11 is 0. The lowest BCUT2D eigenvalue weighted by molar-refractivity contribution is -0.141. The predicted molar refractivity (Wildman–Crippen MR) is 74.1 cm³/mol. The number of hydrogen-bond acceptors (Lipinski definition) is 3. The summed E-state index contributed by atoms with van der Waals surface area (Å²) in [7, 11) is 0. The molecule has 4 aliphatic rings. The smallest absolute Gasteiger partial charge is 0.0741 e. The van der Waals surface area contributed by atoms with Crippen molar-refractivity contribution in [1.29, 1.82) is 0 Å². The Kier molecular flexibility index (Phi) is 3.33. The van der Waals surface area contributed by atoms with E-state index in [1.807, 2.05) is 0 Å². The van der Waals surface area contributed by atoms with Crippen LogP contribution in [0.2, 0.25) is 0 Å². The third kappa shape index (κ3) is 2.84. The van der Waals surface area contributed by atoms with Crippen LogP contribution in [0, 0.1) is 11.8 Å². The Morgan fingerprint density at radius 1 is 0.895 bits per heavy atom. The molecule has 2 heterocycles. The van der Waals surface area contributed by atoms with E-state index in [2.05, 4.69) is 5.32 Å². The number of ether oxygens (including phenoxy) is 2. The third-order valence-corrected chi connectivity index (χ3v) is 5.58. The van der Waals surface area contributed by atoms with Crippen LogP contribution >= 0.6 is 0 Å². The molecule has 2 saturated carbocycles. The molecule has 0 bridgehead atoms. The van der Waals surface area contributed by atoms with Crippen molar-refractivity contribution in [2.75, 3.05) is 19.8 Å². The molecule has 0 aromatic heterocycles. The molecular formula is C16H27NO2. The lowest BCUT2D eigenvalue weighted by Gasteiger charge is -2.44. The topological polar surface area (TPSA) is 30.5 Å². The van der Waals surface area contributed by atoms with Gasteiger partial charge in [0, 0.05) is 31.9 Å². The van der Waals surface area contributed by atoms with E-state index in [-0.39, 0.29) is 5.60 Å². The van der Waals surface area contributed by atoms with Crippen LogP contribution in [-0.4, -0.2) is 37.5 Å². The average molecular weight is 265 g/mol. The van der Waals surface area contributed by atoms with Crippen molar-refractivity contribution in [3.05, 3.63) is 0 Å². The first-order chi connectivity index (χ1) is 9.35. The molecule has 1 N–H and O–H groups in total. The third-order valence-electron chi connectivity index (χ3n) is 5.58. The van der Waals surface area contributed by atoms with Gasteiger partial charge in [0.25, 0.3) is 0 Å². The van der Waals surface area contributed by atoms with Crippen molar-refractivity contribution in [3.63, 3.8) is 0 Å². The van der Waals surface area contributed by atoms with Gasteiger partial charge in [-0.25, -0.2) is 0 Å². The van der Waals surface area contributed by atoms with Crippen LogP contribution in [0.4, 0.5) is 0 Å². The number of hydrogen-bond donors (Lipinski definition) is 1. The highest BCUT2D eigenvalue weighted by Crippen LogP contribution is 2.45. The van der Waals surface area contributed by atoms with Crippen LogP contribution in [-0.2, 0) is 9.47 Å². The Balaban J connectivity index is 1.37. The summed E-state index contributed by atoms with van der Waals surface area (Å²) in [4.78, 5) is 0. The standard InChI is InChI=1S/C16H27NO2/c1-2-12(1)15(13-3-4-13)17-14-5-8-19-16(11-14)6-9-18-10-7-16/h12-15,17H,1-11H2. The van der Waals surface area contributed by atoms with E-state index < -0.39 is 0 Å². The van der Waals surface area contributed by atoms with E-state index in [4.69, 9.17) is 9.47 Å². The monoisotopic (exact) mass is 265 g/mol. The maximum atomic E-state index is 6.15. The largest absolute Gasteiger partial charge is 0.381 e. The highest BCUT2D eigenvalue weighted by Gasteiger charge is 2.44. The quantitative estimate of drug-likeness (QED) is 0.847. The fourth-order valence-electron chi connectivity index (χ4n) is 4.10. The molecule has 19 heavy (non-hydrogen) atoms. The minimum absolute atomic E-state index is 0.145. The molecule has 2 saturated heterocycles. The van der Waals surface area contributed by atoms with Gasteiger partial charge in [-0.05, 0) is 63.2 Å². The van der Waals surface area contributed by atoms with Crippen molar-refractivity contribution >= 4 is 0 Å². The van der Waals surface area contributed by atoms with Crippen LogP contribution in [0.15, 0.2) is 0 Å². The van der Waals surface area contributed by atoms with Gasteiger partial charge in [0.15, 0.2) is 0 Å². The van der Waals surface area contributed by atoms with Crippen molar-refractivity contribution in [1.82, 2.24) is 5.32 Å². The van der Waals surface area contributed by atoms with Crippen LogP contribution < -0.4 is 5.32 Å². The zero-order valence-corrected chi connectivity index (χ0v) is 11.9. The summed E-state index contributed by atoms with van der Waals surface area (Å²) < 4.78 is 11.7. The minimum Gasteiger partial charge on any atom is -0.381 e. The molecule has 0 radical (unpaired) electrons. The molecule has 3 heteroatoms. The fraction of sp³-hybridized carbons (Fsp3) is 1.00. The lowest BCUT2D eigenvalue weighted by atomic mass is 9.83. The molecule has 0 aromatic carbocycles. The van der Waals surface area contributed by atoms with Gasteiger partial charge in [-0.1, -0.05) is 0 Å². The van der Waals surface area contributed by atoms with Gasteiger partial charge in [0.05, 0.1) is 5.60 Å². The Hall–Kier alpha value is -0.120. The van der Waals surface area contributed by atoms with Gasteiger partial charge >= 0.3 is 0 Å². The van der Waals surface area contributed by atoms with E-state index in [1.165, 1.54) is 38.5 Å². The Morgan fingerprint density at radius 3 is 2.21 bits per heavy atom. The van der Waals surface area contributed by atoms with Crippen molar-refractivity contribution in [2.45, 2.75) is 69.1 Å². The normalized spacial score (nSPS) is 34.9. The van der Waals surface area contributed by atoms with Gasteiger partial charge in [-0.2, -0.15) is 0 Å². The first kappa shape index (κ1) is 12.6.